The summed E-state index contributed by atoms with van der Waals surface area (Å²) in [6.07, 6.45) is -1.63. The smallest absolute Gasteiger partial charge is 0.361 e. The summed E-state index contributed by atoms with van der Waals surface area (Å²) in [5, 5.41) is 0. The van der Waals surface area contributed by atoms with E-state index >= 15 is 0 Å². The Bertz CT molecular complexity index is 1350. The molecule has 1 aliphatic rings. The van der Waals surface area contributed by atoms with E-state index in [2.05, 4.69) is 36.5 Å². The predicted molar refractivity (Wildman–Crippen MR) is 131 cm³/mol. The molecule has 190 valence electrons. The van der Waals surface area contributed by atoms with Crippen LogP contribution in [0.5, 0.6) is 0 Å². The van der Waals surface area contributed by atoms with Gasteiger partial charge in [-0.25, -0.2) is 4.79 Å². The number of hydrogen-bond donors (Lipinski definition) is 0. The van der Waals surface area contributed by atoms with E-state index in [1.54, 1.807) is 19.2 Å². The maximum Gasteiger partial charge on any atom is 0.433 e. The molecule has 4 heterocycles. The molecule has 0 aliphatic carbocycles. The molecule has 1 unspecified atom stereocenters. The standard InChI is InChI=1S/C25H28F3N7O/c1-6-17-14-35(23-22-19(33(5)24(36)32-23)9-11-21(29-4)31-22)18(7-2)13-34(17)15(3)16-8-10-20(30-12-16)25(26,27)28/h8-12,15,17-18H,6-7,13-14H2,1-3,5H3/t15?,17-,18+/m1/s1. The topological polar surface area (TPSA) is 71.5 Å². The Balaban J connectivity index is 1.70. The van der Waals surface area contributed by atoms with Crippen molar-refractivity contribution >= 4 is 22.7 Å². The number of pyridine rings is 2. The lowest BCUT2D eigenvalue weighted by Gasteiger charge is -2.48. The van der Waals surface area contributed by atoms with Crippen LogP contribution in [0.25, 0.3) is 15.9 Å². The second-order valence-electron chi connectivity index (χ2n) is 9.05. The molecule has 0 saturated carbocycles. The summed E-state index contributed by atoms with van der Waals surface area (Å²) in [6.45, 7) is 14.6. The fourth-order valence-electron chi connectivity index (χ4n) is 4.89. The number of rotatable bonds is 5. The molecule has 0 radical (unpaired) electrons. The number of nitrogens with zero attached hydrogens (tertiary/aromatic N) is 7. The van der Waals surface area contributed by atoms with E-state index < -0.39 is 17.6 Å². The highest BCUT2D eigenvalue weighted by Gasteiger charge is 2.38. The van der Waals surface area contributed by atoms with Crippen molar-refractivity contribution in [2.24, 2.45) is 7.05 Å². The number of aryl methyl sites for hydroxylation is 1. The van der Waals surface area contributed by atoms with Gasteiger partial charge in [0.25, 0.3) is 5.82 Å². The Morgan fingerprint density at radius 1 is 1.11 bits per heavy atom. The highest BCUT2D eigenvalue weighted by molar-refractivity contribution is 5.87. The molecule has 11 heteroatoms. The van der Waals surface area contributed by atoms with Crippen LogP contribution in [-0.4, -0.2) is 49.6 Å². The third-order valence-electron chi connectivity index (χ3n) is 7.05. The van der Waals surface area contributed by atoms with Gasteiger partial charge in [0.05, 0.1) is 5.52 Å². The van der Waals surface area contributed by atoms with E-state index in [0.717, 1.165) is 18.9 Å². The fraction of sp³-hybridized carbons (Fsp3) is 0.480. The molecule has 0 amide bonds. The first kappa shape index (κ1) is 25.6. The van der Waals surface area contributed by atoms with Gasteiger partial charge in [-0.2, -0.15) is 18.2 Å². The van der Waals surface area contributed by atoms with E-state index in [1.807, 2.05) is 13.8 Å². The maximum absolute atomic E-state index is 13.0. The summed E-state index contributed by atoms with van der Waals surface area (Å²) in [6, 6.07) is 5.71. The first-order valence-electron chi connectivity index (χ1n) is 11.9. The maximum atomic E-state index is 13.0. The van der Waals surface area contributed by atoms with Crippen LogP contribution >= 0.6 is 0 Å². The van der Waals surface area contributed by atoms with Crippen LogP contribution in [0.3, 0.4) is 0 Å². The Morgan fingerprint density at radius 3 is 2.42 bits per heavy atom. The second kappa shape index (κ2) is 9.85. The average Bonchev–Trinajstić information content (AvgIpc) is 2.88. The Hall–Kier alpha value is -3.52. The van der Waals surface area contributed by atoms with Crippen LogP contribution in [0.2, 0.25) is 0 Å². The molecule has 3 aromatic heterocycles. The van der Waals surface area contributed by atoms with Crippen molar-refractivity contribution in [2.75, 3.05) is 18.0 Å². The van der Waals surface area contributed by atoms with Crippen LogP contribution < -0.4 is 10.6 Å². The summed E-state index contributed by atoms with van der Waals surface area (Å²) >= 11 is 0. The van der Waals surface area contributed by atoms with Crippen LogP contribution in [0.15, 0.2) is 35.3 Å². The summed E-state index contributed by atoms with van der Waals surface area (Å²) in [4.78, 5) is 33.0. The van der Waals surface area contributed by atoms with Crippen molar-refractivity contribution in [3.8, 4) is 0 Å². The highest BCUT2D eigenvalue weighted by Crippen LogP contribution is 2.34. The molecule has 0 spiro atoms. The molecular formula is C25H28F3N7O. The molecule has 0 aromatic carbocycles. The van der Waals surface area contributed by atoms with Gasteiger partial charge in [0, 0.05) is 44.5 Å². The van der Waals surface area contributed by atoms with Gasteiger partial charge in [0.2, 0.25) is 5.52 Å². The monoisotopic (exact) mass is 499 g/mol. The number of hydrogen-bond acceptors (Lipinski definition) is 6. The zero-order chi connectivity index (χ0) is 26.2. The minimum atomic E-state index is -4.48. The van der Waals surface area contributed by atoms with E-state index in [4.69, 9.17) is 6.57 Å². The van der Waals surface area contributed by atoms with Gasteiger partial charge in [-0.1, -0.05) is 26.5 Å². The summed E-state index contributed by atoms with van der Waals surface area (Å²) in [5.74, 6) is 0.693. The van der Waals surface area contributed by atoms with Crippen LogP contribution in [0, 0.1) is 6.57 Å². The van der Waals surface area contributed by atoms with Crippen LogP contribution in [-0.2, 0) is 13.2 Å². The van der Waals surface area contributed by atoms with E-state index in [0.29, 0.717) is 35.5 Å². The molecule has 1 aliphatic heterocycles. The van der Waals surface area contributed by atoms with Crippen molar-refractivity contribution in [1.82, 2.24) is 24.4 Å². The molecule has 1 fully saturated rings. The fourth-order valence-corrected chi connectivity index (χ4v) is 4.89. The van der Waals surface area contributed by atoms with Crippen molar-refractivity contribution < 1.29 is 13.2 Å². The molecular weight excluding hydrogens is 471 g/mol. The van der Waals surface area contributed by atoms with Gasteiger partial charge in [0.15, 0.2) is 5.82 Å². The van der Waals surface area contributed by atoms with E-state index in [1.165, 1.54) is 16.8 Å². The van der Waals surface area contributed by atoms with Crippen LogP contribution in [0.1, 0.15) is 50.9 Å². The summed E-state index contributed by atoms with van der Waals surface area (Å²) in [7, 11) is 1.63. The van der Waals surface area contributed by atoms with Crippen LogP contribution in [0.4, 0.5) is 24.8 Å². The molecule has 3 atom stereocenters. The largest absolute Gasteiger partial charge is 0.433 e. The summed E-state index contributed by atoms with van der Waals surface area (Å²) in [5.41, 5.74) is 0.519. The Kier molecular flexibility index (Phi) is 7.00. The Morgan fingerprint density at radius 2 is 1.83 bits per heavy atom. The van der Waals surface area contributed by atoms with Gasteiger partial charge in [-0.15, -0.1) is 4.98 Å². The van der Waals surface area contributed by atoms with Gasteiger partial charge < -0.3 is 9.74 Å². The lowest BCUT2D eigenvalue weighted by Crippen LogP contribution is -2.59. The predicted octanol–water partition coefficient (Wildman–Crippen LogP) is 4.73. The molecule has 1 saturated heterocycles. The molecule has 36 heavy (non-hydrogen) atoms. The van der Waals surface area contributed by atoms with Crippen molar-refractivity contribution in [1.29, 1.82) is 0 Å². The quantitative estimate of drug-likeness (QED) is 0.473. The Labute approximate surface area is 207 Å². The molecule has 0 bridgehead atoms. The van der Waals surface area contributed by atoms with Gasteiger partial charge in [-0.3, -0.25) is 14.5 Å². The number of piperazine rings is 1. The lowest BCUT2D eigenvalue weighted by molar-refractivity contribution is -0.141. The van der Waals surface area contributed by atoms with Gasteiger partial charge in [-0.05, 0) is 43.5 Å². The normalized spacial score (nSPS) is 19.9. The number of aromatic nitrogens is 4. The first-order valence-corrected chi connectivity index (χ1v) is 11.9. The third kappa shape index (κ3) is 4.65. The number of halogens is 3. The lowest BCUT2D eigenvalue weighted by atomic mass is 9.97. The number of alkyl halides is 3. The van der Waals surface area contributed by atoms with Crippen molar-refractivity contribution in [2.45, 2.75) is 57.9 Å². The minimum Gasteiger partial charge on any atom is -0.361 e. The highest BCUT2D eigenvalue weighted by atomic mass is 19.4. The van der Waals surface area contributed by atoms with E-state index in [-0.39, 0.29) is 23.9 Å². The molecule has 0 N–H and O–H groups in total. The molecule has 3 aromatic rings. The van der Waals surface area contributed by atoms with E-state index in [9.17, 15) is 18.0 Å². The SMILES string of the molecule is [C-]#[N+]c1ccc2c(n1)c(N1C[C@@H](CC)N(C(C)c3ccc(C(F)(F)F)nc3)C[C@@H]1CC)nc(=O)n2C. The third-order valence-corrected chi connectivity index (χ3v) is 7.05. The first-order chi connectivity index (χ1) is 17.1. The van der Waals surface area contributed by atoms with Crippen molar-refractivity contribution in [3.63, 3.8) is 0 Å². The molecule has 4 rings (SSSR count). The minimum absolute atomic E-state index is 0.0149. The number of anilines is 1. The van der Waals surface area contributed by atoms with Crippen molar-refractivity contribution in [3.05, 3.63) is 63.6 Å². The van der Waals surface area contributed by atoms with Gasteiger partial charge >= 0.3 is 11.9 Å². The number of fused-ring (bicyclic) bond motifs is 1. The van der Waals surface area contributed by atoms with Gasteiger partial charge in [0.1, 0.15) is 5.69 Å². The zero-order valence-electron chi connectivity index (χ0n) is 20.6. The molecule has 8 nitrogen and oxygen atoms in total. The second-order valence-corrected chi connectivity index (χ2v) is 9.05. The zero-order valence-corrected chi connectivity index (χ0v) is 20.6. The summed E-state index contributed by atoms with van der Waals surface area (Å²) < 4.78 is 40.4. The average molecular weight is 500 g/mol.